The highest BCUT2D eigenvalue weighted by atomic mass is 16.5. The molecule has 374 valence electrons. The van der Waals surface area contributed by atoms with E-state index in [1.54, 1.807) is 0 Å². The predicted molar refractivity (Wildman–Crippen MR) is 314 cm³/mol. The zero-order valence-corrected chi connectivity index (χ0v) is 44.7. The largest absolute Gasteiger partial charge is 0.486 e. The van der Waals surface area contributed by atoms with Gasteiger partial charge in [0.2, 0.25) is 0 Å². The summed E-state index contributed by atoms with van der Waals surface area (Å²) in [5.74, 6) is 3.30. The first-order valence-electron chi connectivity index (χ1n) is 26.5. The summed E-state index contributed by atoms with van der Waals surface area (Å²) in [6.07, 6.45) is 15.2. The lowest BCUT2D eigenvalue weighted by Gasteiger charge is -2.22. The van der Waals surface area contributed by atoms with Crippen LogP contribution in [0, 0.1) is 0 Å². The average Bonchev–Trinajstić information content (AvgIpc) is 3.88. The minimum atomic E-state index is 0.181. The van der Waals surface area contributed by atoms with Gasteiger partial charge in [0.1, 0.15) is 23.4 Å². The summed E-state index contributed by atoms with van der Waals surface area (Å²) in [4.78, 5) is 4.33. The molecule has 73 heavy (non-hydrogen) atoms. The fraction of sp³-hybridized carbons (Fsp3) is 0.243. The van der Waals surface area contributed by atoms with Gasteiger partial charge in [0.25, 0.3) is 0 Å². The van der Waals surface area contributed by atoms with E-state index in [2.05, 4.69) is 230 Å². The van der Waals surface area contributed by atoms with Crippen LogP contribution in [0.3, 0.4) is 0 Å². The smallest absolute Gasteiger partial charge is 0.127 e. The molecule has 2 unspecified atom stereocenters. The third kappa shape index (κ3) is 17.9. The number of ether oxygens (including phenoxy) is 2. The Morgan fingerprint density at radius 1 is 0.466 bits per heavy atom. The van der Waals surface area contributed by atoms with Crippen molar-refractivity contribution in [3.05, 3.63) is 264 Å². The van der Waals surface area contributed by atoms with Crippen molar-refractivity contribution in [1.82, 2.24) is 0 Å². The summed E-state index contributed by atoms with van der Waals surface area (Å²) in [6, 6.07) is 73.4. The minimum absolute atomic E-state index is 0.181. The summed E-state index contributed by atoms with van der Waals surface area (Å²) in [6.45, 7) is 17.6. The number of hydrogen-bond acceptors (Lipinski definition) is 3. The van der Waals surface area contributed by atoms with Crippen molar-refractivity contribution >= 4 is 11.9 Å². The molecule has 1 heterocycles. The number of hydrogen-bond donors (Lipinski definition) is 0. The molecule has 3 heteroatoms. The molecule has 0 saturated carbocycles. The second-order valence-corrected chi connectivity index (χ2v) is 19.3. The summed E-state index contributed by atoms with van der Waals surface area (Å²) < 4.78 is 11.7. The van der Waals surface area contributed by atoms with Gasteiger partial charge in [-0.05, 0) is 136 Å². The summed E-state index contributed by atoms with van der Waals surface area (Å²) >= 11 is 0. The van der Waals surface area contributed by atoms with Gasteiger partial charge < -0.3 is 9.47 Å². The maximum Gasteiger partial charge on any atom is 0.127 e. The van der Waals surface area contributed by atoms with Gasteiger partial charge in [-0.15, -0.1) is 0 Å². The maximum atomic E-state index is 6.03. The Morgan fingerprint density at radius 3 is 1.49 bits per heavy atom. The van der Waals surface area contributed by atoms with E-state index in [-0.39, 0.29) is 11.5 Å². The van der Waals surface area contributed by atoms with Gasteiger partial charge in [0.05, 0.1) is 5.69 Å². The van der Waals surface area contributed by atoms with Crippen LogP contribution in [0.2, 0.25) is 0 Å². The Hall–Kier alpha value is -7.49. The summed E-state index contributed by atoms with van der Waals surface area (Å²) in [5.41, 5.74) is 14.8. The van der Waals surface area contributed by atoms with Crippen LogP contribution >= 0.6 is 0 Å². The van der Waals surface area contributed by atoms with Crippen molar-refractivity contribution < 1.29 is 9.47 Å². The van der Waals surface area contributed by atoms with Crippen molar-refractivity contribution in [2.24, 2.45) is 4.99 Å². The molecular formula is C70H77NO2. The van der Waals surface area contributed by atoms with E-state index in [4.69, 9.17) is 9.47 Å². The van der Waals surface area contributed by atoms with Gasteiger partial charge in [0.15, 0.2) is 0 Å². The van der Waals surface area contributed by atoms with Crippen LogP contribution in [0.5, 0.6) is 17.2 Å². The number of para-hydroxylation sites is 2. The van der Waals surface area contributed by atoms with Crippen LogP contribution < -0.4 is 9.47 Å². The number of rotatable bonds is 11. The lowest BCUT2D eigenvalue weighted by molar-refractivity contribution is 0.247. The molecule has 2 aliphatic rings. The maximum absolute atomic E-state index is 6.03. The molecule has 10 rings (SSSR count). The molecule has 0 amide bonds. The molecule has 0 saturated heterocycles. The van der Waals surface area contributed by atoms with Crippen LogP contribution in [0.15, 0.2) is 241 Å². The van der Waals surface area contributed by atoms with Crippen molar-refractivity contribution in [1.29, 1.82) is 0 Å². The first-order valence-corrected chi connectivity index (χ1v) is 26.5. The van der Waals surface area contributed by atoms with Gasteiger partial charge in [0, 0.05) is 18.6 Å². The zero-order chi connectivity index (χ0) is 51.7. The van der Waals surface area contributed by atoms with E-state index in [0.29, 0.717) is 5.92 Å². The fourth-order valence-corrected chi connectivity index (χ4v) is 8.34. The Balaban J connectivity index is 0.000000150. The van der Waals surface area contributed by atoms with Gasteiger partial charge >= 0.3 is 0 Å². The van der Waals surface area contributed by atoms with E-state index >= 15 is 0 Å². The number of fused-ring (bicyclic) bond motifs is 1. The molecule has 0 radical (unpaired) electrons. The van der Waals surface area contributed by atoms with Crippen molar-refractivity contribution in [2.45, 2.75) is 111 Å². The van der Waals surface area contributed by atoms with E-state index in [1.807, 2.05) is 66.9 Å². The van der Waals surface area contributed by atoms with E-state index in [1.165, 1.54) is 55.6 Å². The number of allylic oxidation sites excluding steroid dienone is 2. The number of aliphatic imine (C=N–C) groups is 1. The third-order valence-electron chi connectivity index (χ3n) is 13.0. The van der Waals surface area contributed by atoms with Crippen molar-refractivity contribution in [2.75, 3.05) is 0 Å². The van der Waals surface area contributed by atoms with Crippen molar-refractivity contribution in [3.8, 4) is 39.5 Å². The monoisotopic (exact) mass is 964 g/mol. The van der Waals surface area contributed by atoms with Crippen LogP contribution in [0.25, 0.3) is 22.3 Å². The van der Waals surface area contributed by atoms with Gasteiger partial charge in [-0.2, -0.15) is 0 Å². The quantitative estimate of drug-likeness (QED) is 0.129. The Morgan fingerprint density at radius 2 is 0.973 bits per heavy atom. The second kappa shape index (κ2) is 29.1. The van der Waals surface area contributed by atoms with Gasteiger partial charge in [-0.25, -0.2) is 0 Å². The highest BCUT2D eigenvalue weighted by Gasteiger charge is 2.16. The molecule has 3 nitrogen and oxygen atoms in total. The molecule has 2 atom stereocenters. The number of benzene rings is 8. The molecule has 0 N–H and O–H groups in total. The Kier molecular flexibility index (Phi) is 21.9. The summed E-state index contributed by atoms with van der Waals surface area (Å²) in [7, 11) is 0. The second-order valence-electron chi connectivity index (χ2n) is 19.3. The van der Waals surface area contributed by atoms with Crippen molar-refractivity contribution in [3.63, 3.8) is 0 Å². The van der Waals surface area contributed by atoms with Crippen LogP contribution in [0.1, 0.15) is 108 Å². The molecule has 0 fully saturated rings. The fourth-order valence-electron chi connectivity index (χ4n) is 8.34. The molecule has 8 aromatic carbocycles. The predicted octanol–water partition coefficient (Wildman–Crippen LogP) is 19.8. The lowest BCUT2D eigenvalue weighted by Crippen LogP contribution is -2.16. The molecule has 8 aromatic rings. The van der Waals surface area contributed by atoms with Gasteiger partial charge in [-0.3, -0.25) is 4.99 Å². The van der Waals surface area contributed by atoms with Gasteiger partial charge in [-0.1, -0.05) is 243 Å². The lowest BCUT2D eigenvalue weighted by atomic mass is 9.87. The minimum Gasteiger partial charge on any atom is -0.486 e. The summed E-state index contributed by atoms with van der Waals surface area (Å²) in [5, 5.41) is 0. The van der Waals surface area contributed by atoms with E-state index < -0.39 is 0 Å². The number of nitrogens with zero attached hydrogens (tertiary/aromatic N) is 1. The molecule has 0 bridgehead atoms. The highest BCUT2D eigenvalue weighted by Crippen LogP contribution is 2.33. The molecular weight excluding hydrogens is 887 g/mol. The topological polar surface area (TPSA) is 30.8 Å². The number of aryl methyl sites for hydroxylation is 3. The van der Waals surface area contributed by atoms with E-state index in [9.17, 15) is 0 Å². The zero-order valence-electron chi connectivity index (χ0n) is 44.7. The van der Waals surface area contributed by atoms with Crippen LogP contribution in [0.4, 0.5) is 5.69 Å². The Bertz CT molecular complexity index is 2810. The normalized spacial score (nSPS) is 13.9. The first kappa shape index (κ1) is 54.8. The van der Waals surface area contributed by atoms with E-state index in [0.717, 1.165) is 61.5 Å². The third-order valence-corrected chi connectivity index (χ3v) is 13.0. The molecule has 0 aromatic heterocycles. The molecule has 1 aliphatic carbocycles. The molecule has 0 spiro atoms. The van der Waals surface area contributed by atoms with Crippen LogP contribution in [-0.4, -0.2) is 12.3 Å². The Labute approximate surface area is 439 Å². The van der Waals surface area contributed by atoms with Crippen LogP contribution in [-0.2, 0) is 24.7 Å². The average molecular weight is 964 g/mol. The first-order chi connectivity index (χ1) is 35.6. The standard InChI is InChI=1S/C18H24O.C14H14O.2C14H14.C10H11N/c1-5-14-7-6-8-17(13-14)19-16-11-9-15(10-12-16)18(2,3)4;1-2-12-7-6-10-14(11-12)15-13-8-4-3-5-9-13;2*1-2-12-8-10-14(11-9-12)13-6-4-3-5-7-13;1-2-8-7-11-10-6-4-3-5-9(8)10/h6-12,17H,5,13H2,1-4H3;3-11H,2H2,1H3;2*3-11H,2H2,1H3;3-8H,2H2,1H3. The highest BCUT2D eigenvalue weighted by molar-refractivity contribution is 5.80. The molecule has 1 aliphatic heterocycles. The SMILES string of the molecule is CCC1=CC=CC(Oc2ccc(C(C)(C)C)cc2)C1.CCC1C=Nc2ccccc21.CCc1ccc(-c2ccccc2)cc1.CCc1ccc(-c2ccccc2)cc1.CCc1cccc(Oc2ccccc2)c1.